The van der Waals surface area contributed by atoms with Crippen molar-refractivity contribution < 1.29 is 27.4 Å². The number of hydrogen-bond donors (Lipinski definition) is 0. The molecule has 0 aliphatic heterocycles. The van der Waals surface area contributed by atoms with Crippen LogP contribution >= 0.6 is 0 Å². The van der Waals surface area contributed by atoms with Gasteiger partial charge in [0.1, 0.15) is 24.8 Å². The van der Waals surface area contributed by atoms with E-state index in [1.807, 2.05) is 35.9 Å². The zero-order valence-electron chi connectivity index (χ0n) is 15.3. The molecular formula is C20H16F3N3O3. The molecule has 6 nitrogen and oxygen atoms in total. The maximum Gasteiger partial charge on any atom is 0.573 e. The van der Waals surface area contributed by atoms with Crippen molar-refractivity contribution in [1.82, 2.24) is 9.55 Å². The van der Waals surface area contributed by atoms with Crippen molar-refractivity contribution >= 4 is 0 Å². The summed E-state index contributed by atoms with van der Waals surface area (Å²) in [4.78, 5) is 4.17. The third kappa shape index (κ3) is 5.42. The number of hydrogen-bond acceptors (Lipinski definition) is 5. The van der Waals surface area contributed by atoms with Crippen molar-refractivity contribution in [3.8, 4) is 29.0 Å². The molecule has 0 fully saturated rings. The van der Waals surface area contributed by atoms with Gasteiger partial charge in [0.15, 0.2) is 11.5 Å². The van der Waals surface area contributed by atoms with Gasteiger partial charge >= 0.3 is 6.36 Å². The smallest absolute Gasteiger partial charge is 0.490 e. The van der Waals surface area contributed by atoms with E-state index in [-0.39, 0.29) is 24.5 Å². The molecule has 3 aromatic rings. The average molecular weight is 403 g/mol. The average Bonchev–Trinajstić information content (AvgIpc) is 3.11. The van der Waals surface area contributed by atoms with Crippen molar-refractivity contribution in [3.63, 3.8) is 0 Å². The number of aryl methyl sites for hydroxylation is 1. The van der Waals surface area contributed by atoms with Crippen LogP contribution in [0.15, 0.2) is 54.9 Å². The molecular weight excluding hydrogens is 387 g/mol. The minimum absolute atomic E-state index is 0.0194. The summed E-state index contributed by atoms with van der Waals surface area (Å²) >= 11 is 0. The number of nitrogens with zero attached hydrogens (tertiary/aromatic N) is 3. The first-order valence-corrected chi connectivity index (χ1v) is 8.51. The third-order valence-corrected chi connectivity index (χ3v) is 3.83. The van der Waals surface area contributed by atoms with Crippen LogP contribution in [0.25, 0.3) is 5.69 Å². The summed E-state index contributed by atoms with van der Waals surface area (Å²) in [5.41, 5.74) is 0.894. The zero-order valence-corrected chi connectivity index (χ0v) is 15.3. The second kappa shape index (κ2) is 8.56. The van der Waals surface area contributed by atoms with Gasteiger partial charge in [-0.2, -0.15) is 5.26 Å². The molecule has 150 valence electrons. The maximum atomic E-state index is 12.6. The van der Waals surface area contributed by atoms with Gasteiger partial charge in [0.05, 0.1) is 17.3 Å². The van der Waals surface area contributed by atoms with E-state index in [0.29, 0.717) is 5.75 Å². The monoisotopic (exact) mass is 403 g/mol. The van der Waals surface area contributed by atoms with E-state index >= 15 is 0 Å². The van der Waals surface area contributed by atoms with E-state index in [1.54, 1.807) is 18.3 Å². The summed E-state index contributed by atoms with van der Waals surface area (Å²) in [6.45, 7) is 1.95. The molecule has 1 heterocycles. The number of benzene rings is 2. The molecule has 2 aromatic carbocycles. The summed E-state index contributed by atoms with van der Waals surface area (Å²) in [6.07, 6.45) is -1.38. The zero-order chi connectivity index (χ0) is 20.9. The predicted octanol–water partition coefficient (Wildman–Crippen LogP) is 4.41. The Balaban J connectivity index is 1.61. The summed E-state index contributed by atoms with van der Waals surface area (Å²) < 4.78 is 54.5. The molecule has 0 spiro atoms. The van der Waals surface area contributed by atoms with Crippen LogP contribution in [-0.2, 0) is 0 Å². The fraction of sp³-hybridized carbons (Fsp3) is 0.200. The molecule has 0 radical (unpaired) electrons. The standard InChI is InChI=1S/C20H16F3N3O3/c1-14-25-7-8-26(14)16-3-2-4-17(12-16)27-9-10-28-18-6-5-15(13-24)11-19(18)29-20(21,22)23/h2-8,11-12H,9-10H2,1H3. The molecule has 0 aliphatic carbocycles. The van der Waals surface area contributed by atoms with E-state index in [1.165, 1.54) is 12.1 Å². The maximum absolute atomic E-state index is 12.6. The molecule has 1 aromatic heterocycles. The first kappa shape index (κ1) is 20.1. The highest BCUT2D eigenvalue weighted by molar-refractivity contribution is 5.47. The Morgan fingerprint density at radius 1 is 1.07 bits per heavy atom. The Kier molecular flexibility index (Phi) is 5.93. The van der Waals surface area contributed by atoms with Gasteiger partial charge in [-0.15, -0.1) is 13.2 Å². The van der Waals surface area contributed by atoms with Crippen LogP contribution < -0.4 is 14.2 Å². The van der Waals surface area contributed by atoms with Gasteiger partial charge in [-0.05, 0) is 31.2 Å². The van der Waals surface area contributed by atoms with E-state index in [9.17, 15) is 13.2 Å². The van der Waals surface area contributed by atoms with Crippen LogP contribution in [0.4, 0.5) is 13.2 Å². The summed E-state index contributed by atoms with van der Waals surface area (Å²) in [6, 6.07) is 12.6. The first-order chi connectivity index (χ1) is 13.9. The normalized spacial score (nSPS) is 11.0. The Morgan fingerprint density at radius 3 is 2.55 bits per heavy atom. The van der Waals surface area contributed by atoms with Crippen LogP contribution in [-0.4, -0.2) is 29.1 Å². The van der Waals surface area contributed by atoms with Crippen LogP contribution in [0.1, 0.15) is 11.4 Å². The second-order valence-corrected chi connectivity index (χ2v) is 5.86. The van der Waals surface area contributed by atoms with Crippen molar-refractivity contribution in [2.45, 2.75) is 13.3 Å². The van der Waals surface area contributed by atoms with Crippen molar-refractivity contribution in [3.05, 3.63) is 66.2 Å². The highest BCUT2D eigenvalue weighted by Gasteiger charge is 2.32. The molecule has 0 atom stereocenters. The van der Waals surface area contributed by atoms with Crippen LogP contribution in [0.2, 0.25) is 0 Å². The summed E-state index contributed by atoms with van der Waals surface area (Å²) in [7, 11) is 0. The first-order valence-electron chi connectivity index (χ1n) is 8.51. The van der Waals surface area contributed by atoms with Gasteiger partial charge in [-0.3, -0.25) is 0 Å². The van der Waals surface area contributed by atoms with Crippen LogP contribution in [0.5, 0.6) is 17.2 Å². The Labute approximate surface area is 164 Å². The number of nitriles is 1. The molecule has 0 amide bonds. The lowest BCUT2D eigenvalue weighted by Gasteiger charge is -2.15. The fourth-order valence-electron chi connectivity index (χ4n) is 2.59. The highest BCUT2D eigenvalue weighted by atomic mass is 19.4. The topological polar surface area (TPSA) is 69.3 Å². The molecule has 0 unspecified atom stereocenters. The van der Waals surface area contributed by atoms with Crippen LogP contribution in [0.3, 0.4) is 0 Å². The van der Waals surface area contributed by atoms with E-state index in [2.05, 4.69) is 9.72 Å². The Morgan fingerprint density at radius 2 is 1.86 bits per heavy atom. The number of ether oxygens (including phenoxy) is 3. The van der Waals surface area contributed by atoms with Crippen LogP contribution in [0, 0.1) is 18.3 Å². The van der Waals surface area contributed by atoms with Gasteiger partial charge in [-0.25, -0.2) is 4.98 Å². The third-order valence-electron chi connectivity index (χ3n) is 3.83. The van der Waals surface area contributed by atoms with Gasteiger partial charge < -0.3 is 18.8 Å². The van der Waals surface area contributed by atoms with Gasteiger partial charge in [0.2, 0.25) is 0 Å². The fourth-order valence-corrected chi connectivity index (χ4v) is 2.59. The SMILES string of the molecule is Cc1nccn1-c1cccc(OCCOc2ccc(C#N)cc2OC(F)(F)F)c1. The van der Waals surface area contributed by atoms with Crippen molar-refractivity contribution in [1.29, 1.82) is 5.26 Å². The lowest BCUT2D eigenvalue weighted by atomic mass is 10.2. The molecule has 29 heavy (non-hydrogen) atoms. The molecule has 9 heteroatoms. The number of halogens is 3. The molecule has 0 saturated heterocycles. The summed E-state index contributed by atoms with van der Waals surface area (Å²) in [5.74, 6) is 0.691. The second-order valence-electron chi connectivity index (χ2n) is 5.86. The van der Waals surface area contributed by atoms with Gasteiger partial charge in [-0.1, -0.05) is 6.07 Å². The summed E-state index contributed by atoms with van der Waals surface area (Å²) in [5, 5.41) is 8.85. The quantitative estimate of drug-likeness (QED) is 0.547. The minimum atomic E-state index is -4.89. The van der Waals surface area contributed by atoms with Crippen molar-refractivity contribution in [2.24, 2.45) is 0 Å². The lowest BCUT2D eigenvalue weighted by molar-refractivity contribution is -0.275. The van der Waals surface area contributed by atoms with Gasteiger partial charge in [0, 0.05) is 24.5 Å². The molecule has 0 bridgehead atoms. The molecule has 3 rings (SSSR count). The molecule has 0 N–H and O–H groups in total. The van der Waals surface area contributed by atoms with E-state index < -0.39 is 12.1 Å². The van der Waals surface area contributed by atoms with Crippen molar-refractivity contribution in [2.75, 3.05) is 13.2 Å². The number of imidazole rings is 1. The number of alkyl halides is 3. The molecule has 0 saturated carbocycles. The van der Waals surface area contributed by atoms with E-state index in [0.717, 1.165) is 17.6 Å². The Hall–Kier alpha value is -3.67. The van der Waals surface area contributed by atoms with Gasteiger partial charge in [0.25, 0.3) is 0 Å². The lowest BCUT2D eigenvalue weighted by Crippen LogP contribution is -2.18. The molecule has 0 aliphatic rings. The number of aromatic nitrogens is 2. The largest absolute Gasteiger partial charge is 0.573 e. The predicted molar refractivity (Wildman–Crippen MR) is 97.1 cm³/mol. The minimum Gasteiger partial charge on any atom is -0.490 e. The van der Waals surface area contributed by atoms with E-state index in [4.69, 9.17) is 14.7 Å². The highest BCUT2D eigenvalue weighted by Crippen LogP contribution is 2.33. The number of rotatable bonds is 7. The Bertz CT molecular complexity index is 1030.